The number of aliphatic hydroxyl groups is 1. The molecule has 0 saturated heterocycles. The Morgan fingerprint density at radius 2 is 2.08 bits per heavy atom. The highest BCUT2D eigenvalue weighted by Gasteiger charge is 2.34. The summed E-state index contributed by atoms with van der Waals surface area (Å²) in [5, 5.41) is 9.75. The van der Waals surface area contributed by atoms with Crippen molar-refractivity contribution in [3.05, 3.63) is 36.3 Å². The van der Waals surface area contributed by atoms with E-state index in [0.717, 1.165) is 6.07 Å². The number of hydrogen-bond acceptors (Lipinski definition) is 6. The summed E-state index contributed by atoms with van der Waals surface area (Å²) in [5.74, 6) is -0.0349. The van der Waals surface area contributed by atoms with E-state index in [2.05, 4.69) is 15.0 Å². The number of rotatable bonds is 6. The number of pyridine rings is 1. The van der Waals surface area contributed by atoms with Crippen molar-refractivity contribution in [1.82, 2.24) is 15.0 Å². The van der Waals surface area contributed by atoms with Gasteiger partial charge in [0, 0.05) is 44.7 Å². The molecule has 0 radical (unpaired) electrons. The highest BCUT2D eigenvalue weighted by atomic mass is 19.4. The summed E-state index contributed by atoms with van der Waals surface area (Å²) in [6, 6.07) is 4.01. The second-order valence-corrected chi connectivity index (χ2v) is 5.16. The number of ether oxygens (including phenoxy) is 1. The molecule has 0 bridgehead atoms. The van der Waals surface area contributed by atoms with Crippen LogP contribution < -0.4 is 4.90 Å². The van der Waals surface area contributed by atoms with E-state index in [1.807, 2.05) is 0 Å². The molecular formula is C15H17F3N4O2. The maximum atomic E-state index is 13.1. The van der Waals surface area contributed by atoms with E-state index in [4.69, 9.17) is 4.74 Å². The molecule has 2 heterocycles. The van der Waals surface area contributed by atoms with E-state index >= 15 is 0 Å². The van der Waals surface area contributed by atoms with Gasteiger partial charge in [-0.3, -0.25) is 4.98 Å². The van der Waals surface area contributed by atoms with E-state index < -0.39 is 18.0 Å². The summed E-state index contributed by atoms with van der Waals surface area (Å²) >= 11 is 0. The summed E-state index contributed by atoms with van der Waals surface area (Å²) in [6.45, 7) is 0.131. The lowest BCUT2D eigenvalue weighted by Crippen LogP contribution is -2.32. The van der Waals surface area contributed by atoms with Gasteiger partial charge in [0.15, 0.2) is 11.5 Å². The number of alkyl halides is 3. The van der Waals surface area contributed by atoms with Crippen LogP contribution in [0.4, 0.5) is 19.0 Å². The second-order valence-electron chi connectivity index (χ2n) is 5.16. The predicted molar refractivity (Wildman–Crippen MR) is 81.4 cm³/mol. The number of hydrogen-bond donors (Lipinski definition) is 1. The zero-order valence-corrected chi connectivity index (χ0v) is 13.2. The number of aromatic nitrogens is 3. The van der Waals surface area contributed by atoms with Gasteiger partial charge >= 0.3 is 6.18 Å². The summed E-state index contributed by atoms with van der Waals surface area (Å²) in [4.78, 5) is 13.0. The molecule has 0 spiro atoms. The lowest BCUT2D eigenvalue weighted by atomic mass is 10.2. The molecule has 2 aromatic heterocycles. The van der Waals surface area contributed by atoms with Crippen molar-refractivity contribution in [2.24, 2.45) is 0 Å². The van der Waals surface area contributed by atoms with Crippen LogP contribution in [0.1, 0.15) is 5.69 Å². The van der Waals surface area contributed by atoms with Gasteiger partial charge in [0.25, 0.3) is 0 Å². The first-order valence-corrected chi connectivity index (χ1v) is 7.06. The third-order valence-electron chi connectivity index (χ3n) is 3.16. The monoisotopic (exact) mass is 342 g/mol. The van der Waals surface area contributed by atoms with Crippen LogP contribution in [-0.2, 0) is 10.9 Å². The van der Waals surface area contributed by atoms with Gasteiger partial charge in [-0.25, -0.2) is 9.97 Å². The summed E-state index contributed by atoms with van der Waals surface area (Å²) in [7, 11) is 2.96. The van der Waals surface area contributed by atoms with E-state index in [1.165, 1.54) is 31.5 Å². The normalized spacial score (nSPS) is 12.9. The van der Waals surface area contributed by atoms with E-state index in [9.17, 15) is 18.3 Å². The molecule has 1 N–H and O–H groups in total. The van der Waals surface area contributed by atoms with Gasteiger partial charge in [-0.1, -0.05) is 0 Å². The number of methoxy groups -OCH3 is 1. The van der Waals surface area contributed by atoms with Crippen molar-refractivity contribution in [2.45, 2.75) is 12.3 Å². The van der Waals surface area contributed by atoms with Crippen molar-refractivity contribution < 1.29 is 23.0 Å². The molecule has 0 amide bonds. The van der Waals surface area contributed by atoms with Crippen molar-refractivity contribution >= 4 is 5.82 Å². The van der Waals surface area contributed by atoms with Crippen LogP contribution in [0.25, 0.3) is 11.4 Å². The molecule has 0 fully saturated rings. The zero-order chi connectivity index (χ0) is 17.7. The SMILES string of the molecule is COC[C@H](O)CN(C)c1cc(C(F)(F)F)nc(-c2cccnc2)n1. The summed E-state index contributed by atoms with van der Waals surface area (Å²) in [6.07, 6.45) is -2.57. The fourth-order valence-corrected chi connectivity index (χ4v) is 2.05. The summed E-state index contributed by atoms with van der Waals surface area (Å²) in [5.41, 5.74) is -0.685. The minimum Gasteiger partial charge on any atom is -0.389 e. The quantitative estimate of drug-likeness (QED) is 0.866. The van der Waals surface area contributed by atoms with Gasteiger partial charge in [0.2, 0.25) is 0 Å². The van der Waals surface area contributed by atoms with Crippen LogP contribution in [0.5, 0.6) is 0 Å². The van der Waals surface area contributed by atoms with Gasteiger partial charge in [0.1, 0.15) is 5.82 Å². The number of aliphatic hydroxyl groups excluding tert-OH is 1. The van der Waals surface area contributed by atoms with Gasteiger partial charge in [-0.15, -0.1) is 0 Å². The minimum absolute atomic E-state index is 0.0475. The van der Waals surface area contributed by atoms with Gasteiger partial charge in [0.05, 0.1) is 12.7 Å². The van der Waals surface area contributed by atoms with Crippen molar-refractivity contribution in [3.63, 3.8) is 0 Å². The maximum absolute atomic E-state index is 13.1. The fraction of sp³-hybridized carbons (Fsp3) is 0.400. The molecule has 0 saturated carbocycles. The predicted octanol–water partition coefficient (Wildman–Crippen LogP) is 2.00. The van der Waals surface area contributed by atoms with Gasteiger partial charge in [-0.2, -0.15) is 13.2 Å². The lowest BCUT2D eigenvalue weighted by molar-refractivity contribution is -0.141. The zero-order valence-electron chi connectivity index (χ0n) is 13.2. The molecule has 0 unspecified atom stereocenters. The number of likely N-dealkylation sites (N-methyl/N-ethyl adjacent to an activating group) is 1. The Kier molecular flexibility index (Phi) is 5.68. The van der Waals surface area contributed by atoms with E-state index in [1.54, 1.807) is 12.1 Å². The number of anilines is 1. The number of nitrogens with zero attached hydrogens (tertiary/aromatic N) is 4. The fourth-order valence-electron chi connectivity index (χ4n) is 2.05. The smallest absolute Gasteiger partial charge is 0.389 e. The molecule has 24 heavy (non-hydrogen) atoms. The Morgan fingerprint density at radius 1 is 1.33 bits per heavy atom. The first kappa shape index (κ1) is 18.1. The van der Waals surface area contributed by atoms with Crippen LogP contribution in [0, 0.1) is 0 Å². The van der Waals surface area contributed by atoms with Crippen LogP contribution in [0.2, 0.25) is 0 Å². The summed E-state index contributed by atoms with van der Waals surface area (Å²) < 4.78 is 44.2. The molecule has 0 aromatic carbocycles. The van der Waals surface area contributed by atoms with Gasteiger partial charge < -0.3 is 14.7 Å². The third-order valence-corrected chi connectivity index (χ3v) is 3.16. The average molecular weight is 342 g/mol. The van der Waals surface area contributed by atoms with Crippen LogP contribution in [0.3, 0.4) is 0 Å². The highest BCUT2D eigenvalue weighted by molar-refractivity contribution is 5.57. The topological polar surface area (TPSA) is 71.4 Å². The molecule has 0 aliphatic rings. The molecule has 0 aliphatic heterocycles. The van der Waals surface area contributed by atoms with E-state index in [-0.39, 0.29) is 24.8 Å². The maximum Gasteiger partial charge on any atom is 0.433 e. The van der Waals surface area contributed by atoms with Crippen molar-refractivity contribution in [3.8, 4) is 11.4 Å². The highest BCUT2D eigenvalue weighted by Crippen LogP contribution is 2.31. The Morgan fingerprint density at radius 3 is 2.67 bits per heavy atom. The molecular weight excluding hydrogens is 325 g/mol. The molecule has 9 heteroatoms. The lowest BCUT2D eigenvalue weighted by Gasteiger charge is -2.22. The number of halogens is 3. The standard InChI is InChI=1S/C15H17F3N4O2/c1-22(8-11(23)9-24-2)13-6-12(15(16,17)18)20-14(21-13)10-4-3-5-19-7-10/h3-7,11,23H,8-9H2,1-2H3/t11-/m1/s1. The Hall–Kier alpha value is -2.26. The molecule has 6 nitrogen and oxygen atoms in total. The van der Waals surface area contributed by atoms with Crippen LogP contribution in [0.15, 0.2) is 30.6 Å². The Balaban J connectivity index is 2.40. The van der Waals surface area contributed by atoms with Crippen molar-refractivity contribution in [1.29, 1.82) is 0 Å². The molecule has 130 valence electrons. The average Bonchev–Trinajstić information content (AvgIpc) is 2.54. The van der Waals surface area contributed by atoms with Crippen LogP contribution in [-0.4, -0.2) is 53.5 Å². The molecule has 0 aliphatic carbocycles. The first-order chi connectivity index (χ1) is 11.3. The van der Waals surface area contributed by atoms with Crippen molar-refractivity contribution in [2.75, 3.05) is 32.2 Å². The minimum atomic E-state index is -4.61. The second kappa shape index (κ2) is 7.54. The Bertz CT molecular complexity index is 668. The Labute approximate surface area is 137 Å². The first-order valence-electron chi connectivity index (χ1n) is 7.06. The molecule has 2 aromatic rings. The van der Waals surface area contributed by atoms with E-state index in [0.29, 0.717) is 5.56 Å². The van der Waals surface area contributed by atoms with Crippen LogP contribution >= 0.6 is 0 Å². The molecule has 1 atom stereocenters. The largest absolute Gasteiger partial charge is 0.433 e. The van der Waals surface area contributed by atoms with Gasteiger partial charge in [-0.05, 0) is 12.1 Å². The third kappa shape index (κ3) is 4.62. The molecule has 2 rings (SSSR count).